The Morgan fingerprint density at radius 3 is 2.60 bits per heavy atom. The van der Waals surface area contributed by atoms with Gasteiger partial charge in [0.15, 0.2) is 0 Å². The van der Waals surface area contributed by atoms with E-state index in [1.54, 1.807) is 0 Å². The molecule has 1 aromatic rings. The van der Waals surface area contributed by atoms with Crippen LogP contribution in [-0.2, 0) is 6.42 Å². The Morgan fingerprint density at radius 2 is 1.95 bits per heavy atom. The molecule has 0 radical (unpaired) electrons. The van der Waals surface area contributed by atoms with Crippen molar-refractivity contribution in [1.29, 1.82) is 0 Å². The second-order valence-corrected chi connectivity index (χ2v) is 6.40. The highest BCUT2D eigenvalue weighted by Gasteiger charge is 2.34. The van der Waals surface area contributed by atoms with E-state index in [4.69, 9.17) is 5.73 Å². The van der Waals surface area contributed by atoms with Crippen molar-refractivity contribution < 1.29 is 4.39 Å². The highest BCUT2D eigenvalue weighted by molar-refractivity contribution is 5.19. The van der Waals surface area contributed by atoms with Gasteiger partial charge >= 0.3 is 0 Å². The maximum atomic E-state index is 13.0. The van der Waals surface area contributed by atoms with Crippen LogP contribution in [0.4, 0.5) is 4.39 Å². The molecule has 0 saturated carbocycles. The van der Waals surface area contributed by atoms with Crippen LogP contribution in [0.1, 0.15) is 45.1 Å². The minimum atomic E-state index is -0.175. The molecule has 0 amide bonds. The van der Waals surface area contributed by atoms with Crippen LogP contribution in [-0.4, -0.2) is 29.6 Å². The van der Waals surface area contributed by atoms with Crippen molar-refractivity contribution in [3.8, 4) is 0 Å². The lowest BCUT2D eigenvalue weighted by molar-refractivity contribution is 0.0712. The second-order valence-electron chi connectivity index (χ2n) is 6.40. The average Bonchev–Trinajstić information content (AvgIpc) is 2.66. The molecule has 2 atom stereocenters. The summed E-state index contributed by atoms with van der Waals surface area (Å²) >= 11 is 0. The summed E-state index contributed by atoms with van der Waals surface area (Å²) in [5, 5.41) is 0. The maximum absolute atomic E-state index is 13.0. The molecule has 1 saturated heterocycles. The van der Waals surface area contributed by atoms with E-state index in [2.05, 4.69) is 18.7 Å². The summed E-state index contributed by atoms with van der Waals surface area (Å²) in [5.41, 5.74) is 7.24. The lowest BCUT2D eigenvalue weighted by Gasteiger charge is -2.44. The van der Waals surface area contributed by atoms with E-state index >= 15 is 0 Å². The third-order valence-corrected chi connectivity index (χ3v) is 4.68. The van der Waals surface area contributed by atoms with Crippen LogP contribution >= 0.6 is 0 Å². The molecule has 1 aliphatic rings. The molecule has 3 heteroatoms. The summed E-state index contributed by atoms with van der Waals surface area (Å²) in [5.74, 6) is -0.175. The summed E-state index contributed by atoms with van der Waals surface area (Å²) in [6, 6.07) is 7.42. The van der Waals surface area contributed by atoms with Crippen molar-refractivity contribution in [2.24, 2.45) is 5.73 Å². The summed E-state index contributed by atoms with van der Waals surface area (Å²) in [4.78, 5) is 2.57. The molecule has 0 bridgehead atoms. The van der Waals surface area contributed by atoms with Gasteiger partial charge in [-0.15, -0.1) is 0 Å². The molecular weight excluding hydrogens is 251 g/mol. The standard InChI is InChI=1S/C17H27FN2/c1-14-6-4-3-5-11-20(14)17(2,13-19)12-15-7-9-16(18)10-8-15/h7-10,14H,3-6,11-13,19H2,1-2H3. The fourth-order valence-corrected chi connectivity index (χ4v) is 3.41. The van der Waals surface area contributed by atoms with Gasteiger partial charge in [0.1, 0.15) is 5.82 Å². The Morgan fingerprint density at radius 1 is 1.25 bits per heavy atom. The number of hydrogen-bond acceptors (Lipinski definition) is 2. The molecule has 2 rings (SSSR count). The number of rotatable bonds is 4. The normalized spacial score (nSPS) is 24.1. The van der Waals surface area contributed by atoms with Crippen LogP contribution in [0.3, 0.4) is 0 Å². The number of benzene rings is 1. The summed E-state index contributed by atoms with van der Waals surface area (Å²) in [6.07, 6.45) is 6.02. The molecule has 1 aromatic carbocycles. The van der Waals surface area contributed by atoms with Gasteiger partial charge in [0.05, 0.1) is 0 Å². The van der Waals surface area contributed by atoms with Gasteiger partial charge in [0, 0.05) is 18.1 Å². The number of likely N-dealkylation sites (tertiary alicyclic amines) is 1. The van der Waals surface area contributed by atoms with Gasteiger partial charge in [0.2, 0.25) is 0 Å². The molecule has 0 spiro atoms. The lowest BCUT2D eigenvalue weighted by atomic mass is 9.89. The Hall–Kier alpha value is -0.930. The van der Waals surface area contributed by atoms with Crippen LogP contribution in [0.25, 0.3) is 0 Å². The van der Waals surface area contributed by atoms with Crippen molar-refractivity contribution in [2.45, 2.75) is 57.5 Å². The van der Waals surface area contributed by atoms with E-state index in [0.717, 1.165) is 18.5 Å². The number of nitrogens with two attached hydrogens (primary N) is 1. The molecule has 1 heterocycles. The first kappa shape index (κ1) is 15.5. The Kier molecular flexibility index (Phi) is 5.17. The largest absolute Gasteiger partial charge is 0.329 e. The maximum Gasteiger partial charge on any atom is 0.123 e. The molecule has 1 aliphatic heterocycles. The monoisotopic (exact) mass is 278 g/mol. The van der Waals surface area contributed by atoms with E-state index in [-0.39, 0.29) is 11.4 Å². The molecule has 112 valence electrons. The minimum Gasteiger partial charge on any atom is -0.329 e. The smallest absolute Gasteiger partial charge is 0.123 e. The van der Waals surface area contributed by atoms with Crippen LogP contribution < -0.4 is 5.73 Å². The van der Waals surface area contributed by atoms with Gasteiger partial charge in [0.25, 0.3) is 0 Å². The Bertz CT molecular complexity index is 418. The van der Waals surface area contributed by atoms with Gasteiger partial charge < -0.3 is 5.73 Å². The molecule has 1 fully saturated rings. The van der Waals surface area contributed by atoms with E-state index in [0.29, 0.717) is 12.6 Å². The van der Waals surface area contributed by atoms with Crippen LogP contribution in [0.15, 0.2) is 24.3 Å². The molecule has 20 heavy (non-hydrogen) atoms. The third-order valence-electron chi connectivity index (χ3n) is 4.68. The molecular formula is C17H27FN2. The molecule has 2 N–H and O–H groups in total. The number of halogens is 1. The topological polar surface area (TPSA) is 29.3 Å². The summed E-state index contributed by atoms with van der Waals surface area (Å²) in [6.45, 7) is 6.31. The zero-order valence-electron chi connectivity index (χ0n) is 12.7. The van der Waals surface area contributed by atoms with Crippen molar-refractivity contribution in [2.75, 3.05) is 13.1 Å². The Balaban J connectivity index is 2.16. The van der Waals surface area contributed by atoms with Crippen molar-refractivity contribution in [3.05, 3.63) is 35.6 Å². The molecule has 2 unspecified atom stereocenters. The molecule has 0 aromatic heterocycles. The van der Waals surface area contributed by atoms with E-state index in [1.807, 2.05) is 12.1 Å². The van der Waals surface area contributed by atoms with E-state index in [9.17, 15) is 4.39 Å². The summed E-state index contributed by atoms with van der Waals surface area (Å²) < 4.78 is 13.0. The highest BCUT2D eigenvalue weighted by Crippen LogP contribution is 2.27. The van der Waals surface area contributed by atoms with Crippen molar-refractivity contribution in [1.82, 2.24) is 4.90 Å². The van der Waals surface area contributed by atoms with Crippen molar-refractivity contribution in [3.63, 3.8) is 0 Å². The zero-order chi connectivity index (χ0) is 14.6. The minimum absolute atomic E-state index is 0.0401. The van der Waals surface area contributed by atoms with Crippen molar-refractivity contribution >= 4 is 0 Å². The predicted molar refractivity (Wildman–Crippen MR) is 82.2 cm³/mol. The first-order valence-electron chi connectivity index (χ1n) is 7.76. The quantitative estimate of drug-likeness (QED) is 0.915. The lowest BCUT2D eigenvalue weighted by Crippen LogP contribution is -2.56. The predicted octanol–water partition coefficient (Wildman–Crippen LogP) is 3.35. The average molecular weight is 278 g/mol. The van der Waals surface area contributed by atoms with Gasteiger partial charge in [-0.1, -0.05) is 25.0 Å². The SMILES string of the molecule is CC1CCCCCN1C(C)(CN)Cc1ccc(F)cc1. The summed E-state index contributed by atoms with van der Waals surface area (Å²) in [7, 11) is 0. The molecule has 0 aliphatic carbocycles. The number of hydrogen-bond donors (Lipinski definition) is 1. The highest BCUT2D eigenvalue weighted by atomic mass is 19.1. The molecule has 2 nitrogen and oxygen atoms in total. The fourth-order valence-electron chi connectivity index (χ4n) is 3.41. The van der Waals surface area contributed by atoms with Gasteiger partial charge in [-0.05, 0) is 57.4 Å². The first-order valence-corrected chi connectivity index (χ1v) is 7.76. The van der Waals surface area contributed by atoms with Gasteiger partial charge in [-0.2, -0.15) is 0 Å². The van der Waals surface area contributed by atoms with E-state index in [1.165, 1.54) is 37.8 Å². The Labute approximate surface area is 122 Å². The fraction of sp³-hybridized carbons (Fsp3) is 0.647. The van der Waals surface area contributed by atoms with E-state index < -0.39 is 0 Å². The van der Waals surface area contributed by atoms with Gasteiger partial charge in [-0.3, -0.25) is 4.90 Å². The van der Waals surface area contributed by atoms with Crippen LogP contribution in [0, 0.1) is 5.82 Å². The second kappa shape index (κ2) is 6.68. The number of nitrogens with zero attached hydrogens (tertiary/aromatic N) is 1. The zero-order valence-corrected chi connectivity index (χ0v) is 12.7. The van der Waals surface area contributed by atoms with Crippen LogP contribution in [0.2, 0.25) is 0 Å². The first-order chi connectivity index (χ1) is 9.55. The van der Waals surface area contributed by atoms with Crippen LogP contribution in [0.5, 0.6) is 0 Å². The third kappa shape index (κ3) is 3.58. The van der Waals surface area contributed by atoms with Gasteiger partial charge in [-0.25, -0.2) is 4.39 Å².